The van der Waals surface area contributed by atoms with E-state index in [9.17, 15) is 5.11 Å². The van der Waals surface area contributed by atoms with E-state index in [4.69, 9.17) is 23.2 Å². The highest BCUT2D eigenvalue weighted by atomic mass is 35.5. The average molecular weight is 326 g/mol. The van der Waals surface area contributed by atoms with Crippen LogP contribution < -0.4 is 0 Å². The second kappa shape index (κ2) is 6.86. The molecule has 0 fully saturated rings. The van der Waals surface area contributed by atoms with Gasteiger partial charge in [0.2, 0.25) is 0 Å². The van der Waals surface area contributed by atoms with Crippen LogP contribution in [0, 0.1) is 6.92 Å². The molecule has 2 rings (SSSR count). The third-order valence-electron chi connectivity index (χ3n) is 3.19. The van der Waals surface area contributed by atoms with Gasteiger partial charge in [0.25, 0.3) is 0 Å². The Morgan fingerprint density at radius 1 is 1.05 bits per heavy atom. The summed E-state index contributed by atoms with van der Waals surface area (Å²) in [5, 5.41) is 11.5. The monoisotopic (exact) mass is 325 g/mol. The van der Waals surface area contributed by atoms with Crippen molar-refractivity contribution >= 4 is 35.0 Å². The van der Waals surface area contributed by atoms with Gasteiger partial charge in [-0.05, 0) is 48.6 Å². The molecule has 0 saturated heterocycles. The van der Waals surface area contributed by atoms with Gasteiger partial charge in [0.15, 0.2) is 0 Å². The highest BCUT2D eigenvalue weighted by Gasteiger charge is 2.19. The molecule has 1 N–H and O–H groups in total. The molecule has 20 heavy (non-hydrogen) atoms. The summed E-state index contributed by atoms with van der Waals surface area (Å²) in [6, 6.07) is 13.1. The highest BCUT2D eigenvalue weighted by molar-refractivity contribution is 7.98. The summed E-state index contributed by atoms with van der Waals surface area (Å²) in [5.41, 5.74) is 1.71. The maximum atomic E-state index is 10.5. The van der Waals surface area contributed by atoms with Gasteiger partial charge in [0.05, 0.1) is 16.1 Å². The van der Waals surface area contributed by atoms with Crippen molar-refractivity contribution in [2.24, 2.45) is 0 Å². The lowest BCUT2D eigenvalue weighted by Gasteiger charge is -2.20. The first kappa shape index (κ1) is 15.7. The fourth-order valence-corrected chi connectivity index (χ4v) is 2.76. The van der Waals surface area contributed by atoms with E-state index in [1.54, 1.807) is 23.9 Å². The topological polar surface area (TPSA) is 20.2 Å². The van der Waals surface area contributed by atoms with Crippen LogP contribution in [0.5, 0.6) is 0 Å². The highest BCUT2D eigenvalue weighted by Crippen LogP contribution is 2.34. The largest absolute Gasteiger partial charge is 0.388 e. The lowest BCUT2D eigenvalue weighted by molar-refractivity contribution is 0.160. The second-order valence-electron chi connectivity index (χ2n) is 4.50. The number of thioether (sulfide) groups is 1. The maximum absolute atomic E-state index is 10.5. The summed E-state index contributed by atoms with van der Waals surface area (Å²) >= 11 is 13.6. The van der Waals surface area contributed by atoms with Crippen LogP contribution in [0.2, 0.25) is 10.0 Å². The van der Waals surface area contributed by atoms with Gasteiger partial charge in [-0.3, -0.25) is 0 Å². The van der Waals surface area contributed by atoms with E-state index in [0.29, 0.717) is 10.0 Å². The molecule has 2 aromatic rings. The van der Waals surface area contributed by atoms with Crippen molar-refractivity contribution in [3.63, 3.8) is 0 Å². The minimum absolute atomic E-state index is 0.304. The molecule has 0 heterocycles. The van der Waals surface area contributed by atoms with Gasteiger partial charge in [0, 0.05) is 10.8 Å². The Balaban J connectivity index is 2.26. The molecule has 2 unspecified atom stereocenters. The predicted octanol–water partition coefficient (Wildman–Crippen LogP) is 5.37. The first-order valence-electron chi connectivity index (χ1n) is 6.13. The quantitative estimate of drug-likeness (QED) is 0.763. The number of aliphatic hydroxyl groups excluding tert-OH is 1. The van der Waals surface area contributed by atoms with Crippen LogP contribution >= 0.6 is 35.0 Å². The van der Waals surface area contributed by atoms with Crippen LogP contribution in [0.15, 0.2) is 47.4 Å². The van der Waals surface area contributed by atoms with Crippen LogP contribution in [0.4, 0.5) is 0 Å². The molecular formula is C16H15Cl2OS. The minimum Gasteiger partial charge on any atom is -0.388 e. The molecule has 2 aromatic carbocycles. The summed E-state index contributed by atoms with van der Waals surface area (Å²) in [6.45, 7) is 4.05. The lowest BCUT2D eigenvalue weighted by Crippen LogP contribution is -2.08. The third-order valence-corrected chi connectivity index (χ3v) is 4.65. The number of benzene rings is 2. The summed E-state index contributed by atoms with van der Waals surface area (Å²) in [7, 11) is 0. The van der Waals surface area contributed by atoms with E-state index < -0.39 is 6.10 Å². The molecule has 1 nitrogen and oxygen atoms in total. The molecule has 0 aliphatic carbocycles. The molecule has 0 saturated carbocycles. The molecule has 1 radical (unpaired) electrons. The number of aliphatic hydroxyl groups is 1. The molecule has 0 amide bonds. The Labute approximate surface area is 133 Å². The van der Waals surface area contributed by atoms with E-state index in [2.05, 4.69) is 6.92 Å². The van der Waals surface area contributed by atoms with E-state index in [0.717, 1.165) is 16.0 Å². The van der Waals surface area contributed by atoms with Crippen molar-refractivity contribution < 1.29 is 5.11 Å². The Kier molecular flexibility index (Phi) is 5.39. The standard InChI is InChI=1S/C16H15Cl2OS/c1-10(11-6-7-14(17)15(18)9-11)16(19)12-4-3-5-13(8-12)20-2/h3-10,16,19H,1H2,2H3. The predicted molar refractivity (Wildman–Crippen MR) is 87.7 cm³/mol. The molecule has 0 bridgehead atoms. The Morgan fingerprint density at radius 2 is 1.80 bits per heavy atom. The zero-order valence-corrected chi connectivity index (χ0v) is 13.3. The van der Waals surface area contributed by atoms with E-state index in [1.165, 1.54) is 0 Å². The van der Waals surface area contributed by atoms with Crippen molar-refractivity contribution in [2.45, 2.75) is 16.9 Å². The normalized spacial score (nSPS) is 14.1. The van der Waals surface area contributed by atoms with E-state index in [-0.39, 0.29) is 5.92 Å². The number of hydrogen-bond acceptors (Lipinski definition) is 2. The van der Waals surface area contributed by atoms with E-state index in [1.807, 2.05) is 36.6 Å². The SMILES string of the molecule is [CH2]C(c1ccc(Cl)c(Cl)c1)C(O)c1cccc(SC)c1. The number of halogens is 2. The van der Waals surface area contributed by atoms with Gasteiger partial charge in [-0.1, -0.05) is 41.4 Å². The summed E-state index contributed by atoms with van der Waals surface area (Å²) < 4.78 is 0. The average Bonchev–Trinajstić information content (AvgIpc) is 2.48. The molecule has 0 aliphatic heterocycles. The van der Waals surface area contributed by atoms with Gasteiger partial charge >= 0.3 is 0 Å². The van der Waals surface area contributed by atoms with Gasteiger partial charge < -0.3 is 5.11 Å². The maximum Gasteiger partial charge on any atom is 0.0858 e. The number of rotatable bonds is 4. The smallest absolute Gasteiger partial charge is 0.0858 e. The van der Waals surface area contributed by atoms with E-state index >= 15 is 0 Å². The first-order valence-corrected chi connectivity index (χ1v) is 8.11. The molecule has 4 heteroatoms. The fraction of sp³-hybridized carbons (Fsp3) is 0.188. The van der Waals surface area contributed by atoms with Crippen molar-refractivity contribution in [1.82, 2.24) is 0 Å². The second-order valence-corrected chi connectivity index (χ2v) is 6.20. The summed E-state index contributed by atoms with van der Waals surface area (Å²) in [6.07, 6.45) is 1.32. The molecule has 0 aromatic heterocycles. The zero-order valence-electron chi connectivity index (χ0n) is 11.0. The Bertz CT molecular complexity index is 601. The van der Waals surface area contributed by atoms with Crippen LogP contribution in [0.3, 0.4) is 0 Å². The number of hydrogen-bond donors (Lipinski definition) is 1. The molecular weight excluding hydrogens is 311 g/mol. The Morgan fingerprint density at radius 3 is 2.45 bits per heavy atom. The minimum atomic E-state index is -0.681. The Hall–Kier alpha value is -0.670. The molecule has 0 spiro atoms. The van der Waals surface area contributed by atoms with Crippen molar-refractivity contribution in [2.75, 3.05) is 6.26 Å². The van der Waals surface area contributed by atoms with Crippen molar-refractivity contribution in [1.29, 1.82) is 0 Å². The zero-order chi connectivity index (χ0) is 14.7. The van der Waals surface area contributed by atoms with Crippen LogP contribution in [-0.2, 0) is 0 Å². The van der Waals surface area contributed by atoms with Crippen LogP contribution in [0.1, 0.15) is 23.1 Å². The molecule has 2 atom stereocenters. The first-order chi connectivity index (χ1) is 9.52. The van der Waals surface area contributed by atoms with Crippen LogP contribution in [-0.4, -0.2) is 11.4 Å². The lowest BCUT2D eigenvalue weighted by atomic mass is 9.91. The third kappa shape index (κ3) is 3.50. The van der Waals surface area contributed by atoms with Crippen molar-refractivity contribution in [3.05, 3.63) is 70.6 Å². The van der Waals surface area contributed by atoms with Gasteiger partial charge in [-0.2, -0.15) is 0 Å². The van der Waals surface area contributed by atoms with Crippen molar-refractivity contribution in [3.8, 4) is 0 Å². The summed E-state index contributed by atoms with van der Waals surface area (Å²) in [4.78, 5) is 1.11. The van der Waals surface area contributed by atoms with Gasteiger partial charge in [0.1, 0.15) is 0 Å². The van der Waals surface area contributed by atoms with Gasteiger partial charge in [-0.25, -0.2) is 0 Å². The molecule has 0 aliphatic rings. The fourth-order valence-electron chi connectivity index (χ4n) is 1.98. The van der Waals surface area contributed by atoms with Crippen LogP contribution in [0.25, 0.3) is 0 Å². The molecule has 105 valence electrons. The van der Waals surface area contributed by atoms with Gasteiger partial charge in [-0.15, -0.1) is 11.8 Å². The summed E-state index contributed by atoms with van der Waals surface area (Å²) in [5.74, 6) is -0.304.